The molecule has 1 heterocycles. The first-order valence-corrected chi connectivity index (χ1v) is 13.2. The molecule has 1 saturated heterocycles. The maximum absolute atomic E-state index is 15.9. The first-order chi connectivity index (χ1) is 18.6. The van der Waals surface area contributed by atoms with Gasteiger partial charge in [-0.15, -0.1) is 0 Å². The minimum Gasteiger partial charge on any atom is -0.508 e. The Morgan fingerprint density at radius 2 is 1.80 bits per heavy atom. The van der Waals surface area contributed by atoms with Gasteiger partial charge in [0.05, 0.1) is 17.2 Å². The predicted molar refractivity (Wildman–Crippen MR) is 139 cm³/mol. The lowest BCUT2D eigenvalue weighted by Gasteiger charge is -2.50. The van der Waals surface area contributed by atoms with E-state index in [0.717, 1.165) is 0 Å². The van der Waals surface area contributed by atoms with Crippen LogP contribution in [-0.2, 0) is 27.3 Å². The highest BCUT2D eigenvalue weighted by atomic mass is 19.1. The molecule has 0 aromatic heterocycles. The molecule has 0 bridgehead atoms. The number of aliphatic hydroxyl groups excluding tert-OH is 2. The average molecular weight is 560 g/mol. The molecule has 1 aliphatic heterocycles. The normalized spacial score (nSPS) is 30.3. The first kappa shape index (κ1) is 28.2. The van der Waals surface area contributed by atoms with E-state index in [1.54, 1.807) is 6.92 Å². The molecule has 1 amide bonds. The molecule has 40 heavy (non-hydrogen) atoms. The number of amides is 1. The van der Waals surface area contributed by atoms with Crippen LogP contribution in [0.4, 0.5) is 4.39 Å². The van der Waals surface area contributed by atoms with Crippen LogP contribution in [0.25, 0.3) is 5.76 Å². The topological polar surface area (TPSA) is 185 Å². The van der Waals surface area contributed by atoms with E-state index in [4.69, 9.17) is 5.73 Å². The van der Waals surface area contributed by atoms with Crippen LogP contribution in [0.15, 0.2) is 23.0 Å². The van der Waals surface area contributed by atoms with Crippen molar-refractivity contribution >= 4 is 23.2 Å². The molecule has 12 heteroatoms. The van der Waals surface area contributed by atoms with Gasteiger partial charge in [0.25, 0.3) is 5.91 Å². The zero-order valence-corrected chi connectivity index (χ0v) is 22.6. The number of piperidine rings is 1. The summed E-state index contributed by atoms with van der Waals surface area (Å²) in [7, 11) is 3.02. The van der Waals surface area contributed by atoms with Crippen molar-refractivity contribution in [2.75, 3.05) is 27.2 Å². The number of nitrogens with two attached hydrogens (primary N) is 1. The second-order valence-corrected chi connectivity index (χ2v) is 12.0. The van der Waals surface area contributed by atoms with Crippen molar-refractivity contribution in [1.82, 2.24) is 9.80 Å². The van der Waals surface area contributed by atoms with E-state index in [2.05, 4.69) is 0 Å². The Balaban J connectivity index is 1.59. The Hall–Kier alpha value is -3.32. The molecule has 1 aromatic carbocycles. The van der Waals surface area contributed by atoms with Gasteiger partial charge in [0, 0.05) is 42.3 Å². The maximum Gasteiger partial charge on any atom is 0.255 e. The minimum absolute atomic E-state index is 0.00428. The number of carbonyl (C=O) groups is 3. The highest BCUT2D eigenvalue weighted by Gasteiger charge is 2.64. The number of nitrogens with zero attached hydrogens (tertiary/aromatic N) is 2. The molecular formula is C28H34FN3O8. The zero-order chi connectivity index (χ0) is 29.5. The van der Waals surface area contributed by atoms with Crippen LogP contribution in [0.3, 0.4) is 0 Å². The number of aliphatic hydroxyl groups is 4. The summed E-state index contributed by atoms with van der Waals surface area (Å²) in [6.45, 7) is 2.97. The summed E-state index contributed by atoms with van der Waals surface area (Å²) in [6.07, 6.45) is 0.794. The predicted octanol–water partition coefficient (Wildman–Crippen LogP) is 0.450. The van der Waals surface area contributed by atoms with Crippen molar-refractivity contribution in [3.63, 3.8) is 0 Å². The number of halogens is 1. The molecule has 0 unspecified atom stereocenters. The van der Waals surface area contributed by atoms with Gasteiger partial charge in [-0.2, -0.15) is 0 Å². The Labute approximate surface area is 230 Å². The highest BCUT2D eigenvalue weighted by Crippen LogP contribution is 2.53. The van der Waals surface area contributed by atoms with Crippen molar-refractivity contribution in [2.24, 2.45) is 17.6 Å². The van der Waals surface area contributed by atoms with E-state index < -0.39 is 75.2 Å². The monoisotopic (exact) mass is 559 g/mol. The van der Waals surface area contributed by atoms with Crippen molar-refractivity contribution in [2.45, 2.75) is 56.4 Å². The number of benzene rings is 1. The lowest BCUT2D eigenvalue weighted by molar-refractivity contribution is -0.153. The number of likely N-dealkylation sites (N-methyl/N-ethyl adjacent to an activating group) is 1. The SMILES string of the molecule is CN(C)[C@@H]1C(=O)C(C(N)=O)=C(O)[C@@]2(O)C(=O)C3=C(O)c4c(O)cc(CN5CCC(C)(O)CC5)c(F)c4C[C@H]3C[C@@H]12. The van der Waals surface area contributed by atoms with Gasteiger partial charge in [-0.1, -0.05) is 0 Å². The fourth-order valence-electron chi connectivity index (χ4n) is 6.90. The van der Waals surface area contributed by atoms with E-state index in [-0.39, 0.29) is 41.6 Å². The summed E-state index contributed by atoms with van der Waals surface area (Å²) >= 11 is 0. The number of likely N-dealkylation sites (tertiary alicyclic amines) is 1. The van der Waals surface area contributed by atoms with Crippen LogP contribution in [-0.4, -0.2) is 97.2 Å². The lowest BCUT2D eigenvalue weighted by Crippen LogP contribution is -2.65. The molecule has 1 aromatic rings. The van der Waals surface area contributed by atoms with Gasteiger partial charge in [0.1, 0.15) is 28.7 Å². The highest BCUT2D eigenvalue weighted by molar-refractivity contribution is 6.24. The third-order valence-corrected chi connectivity index (χ3v) is 9.06. The Morgan fingerprint density at radius 3 is 2.38 bits per heavy atom. The van der Waals surface area contributed by atoms with E-state index in [9.17, 15) is 39.9 Å². The van der Waals surface area contributed by atoms with Crippen LogP contribution in [0.1, 0.15) is 42.9 Å². The summed E-state index contributed by atoms with van der Waals surface area (Å²) in [5.41, 5.74) is 0.491. The molecule has 0 radical (unpaired) electrons. The molecule has 216 valence electrons. The van der Waals surface area contributed by atoms with Gasteiger partial charge in [0.2, 0.25) is 5.78 Å². The van der Waals surface area contributed by atoms with E-state index in [1.807, 2.05) is 4.90 Å². The number of phenolic OH excluding ortho intramolecular Hbond substituents is 1. The molecule has 3 aliphatic carbocycles. The molecule has 5 rings (SSSR count). The van der Waals surface area contributed by atoms with E-state index in [1.165, 1.54) is 25.1 Å². The Bertz CT molecular complexity index is 1390. The van der Waals surface area contributed by atoms with Crippen LogP contribution in [0.2, 0.25) is 0 Å². The summed E-state index contributed by atoms with van der Waals surface area (Å²) in [5, 5.41) is 54.8. The van der Waals surface area contributed by atoms with Gasteiger partial charge in [0.15, 0.2) is 11.4 Å². The van der Waals surface area contributed by atoms with Crippen LogP contribution in [0, 0.1) is 17.7 Å². The standard InChI is InChI=1S/C28H34FN3O8/c1-27(39)4-6-32(7-5-27)11-13-10-16(33)18-14(20(13)29)8-12-9-15-21(31(2)3)23(35)19(26(30)38)25(37)28(15,40)24(36)17(12)22(18)34/h10,12,15,21,33-34,37,39-40H,4-9,11H2,1-3H3,(H2,30,38)/t12-,15-,21-,28-/m0/s1. The maximum atomic E-state index is 15.9. The molecule has 4 atom stereocenters. The minimum atomic E-state index is -2.74. The number of Topliss-reactive ketones (excluding diaryl/α,β-unsaturated/α-hetero) is 2. The van der Waals surface area contributed by atoms with Crippen molar-refractivity contribution in [3.8, 4) is 5.75 Å². The Kier molecular flexibility index (Phi) is 6.61. The Morgan fingerprint density at radius 1 is 1.18 bits per heavy atom. The summed E-state index contributed by atoms with van der Waals surface area (Å²) in [4.78, 5) is 42.4. The fourth-order valence-corrected chi connectivity index (χ4v) is 6.90. The summed E-state index contributed by atoms with van der Waals surface area (Å²) in [6, 6.07) is -0.0226. The van der Waals surface area contributed by atoms with Gasteiger partial charge in [-0.05, 0) is 58.7 Å². The summed E-state index contributed by atoms with van der Waals surface area (Å²) < 4.78 is 15.9. The molecular weight excluding hydrogens is 525 g/mol. The number of aromatic hydroxyl groups is 1. The molecule has 4 aliphatic rings. The van der Waals surface area contributed by atoms with Crippen molar-refractivity contribution < 1.29 is 44.3 Å². The number of carbonyl (C=O) groups excluding carboxylic acids is 3. The van der Waals surface area contributed by atoms with Crippen LogP contribution >= 0.6 is 0 Å². The van der Waals surface area contributed by atoms with Crippen LogP contribution in [0.5, 0.6) is 5.75 Å². The third-order valence-electron chi connectivity index (χ3n) is 9.06. The van der Waals surface area contributed by atoms with E-state index >= 15 is 4.39 Å². The molecule has 0 spiro atoms. The quantitative estimate of drug-likeness (QED) is 0.283. The second-order valence-electron chi connectivity index (χ2n) is 12.0. The van der Waals surface area contributed by atoms with Gasteiger partial charge < -0.3 is 31.3 Å². The van der Waals surface area contributed by atoms with E-state index in [0.29, 0.717) is 25.9 Å². The molecule has 11 nitrogen and oxygen atoms in total. The van der Waals surface area contributed by atoms with Crippen molar-refractivity contribution in [3.05, 3.63) is 45.5 Å². The number of ketones is 2. The second kappa shape index (κ2) is 9.37. The zero-order valence-electron chi connectivity index (χ0n) is 22.6. The summed E-state index contributed by atoms with van der Waals surface area (Å²) in [5.74, 6) is -8.38. The average Bonchev–Trinajstić information content (AvgIpc) is 2.85. The third kappa shape index (κ3) is 4.04. The van der Waals surface area contributed by atoms with Gasteiger partial charge in [-0.3, -0.25) is 24.2 Å². The molecule has 1 saturated carbocycles. The number of fused-ring (bicyclic) bond motifs is 3. The number of phenols is 1. The van der Waals surface area contributed by atoms with Gasteiger partial charge in [-0.25, -0.2) is 4.39 Å². The molecule has 7 N–H and O–H groups in total. The largest absolute Gasteiger partial charge is 0.508 e. The number of hydrogen-bond donors (Lipinski definition) is 6. The van der Waals surface area contributed by atoms with Crippen molar-refractivity contribution in [1.29, 1.82) is 0 Å². The number of rotatable bonds is 4. The smallest absolute Gasteiger partial charge is 0.255 e. The fraction of sp³-hybridized carbons (Fsp3) is 0.536. The first-order valence-electron chi connectivity index (χ1n) is 13.2. The van der Waals surface area contributed by atoms with Gasteiger partial charge >= 0.3 is 0 Å². The number of hydrogen-bond acceptors (Lipinski definition) is 10. The van der Waals surface area contributed by atoms with Crippen LogP contribution < -0.4 is 5.73 Å². The number of primary amides is 1. The lowest BCUT2D eigenvalue weighted by atomic mass is 9.57. The molecule has 2 fully saturated rings.